The number of aromatic nitrogens is 1. The number of alkyl halides is 3. The summed E-state index contributed by atoms with van der Waals surface area (Å²) in [6.07, 6.45) is 1.51. The first kappa shape index (κ1) is 24.5. The highest BCUT2D eigenvalue weighted by atomic mass is 35.5. The van der Waals surface area contributed by atoms with Crippen molar-refractivity contribution in [3.63, 3.8) is 0 Å². The van der Waals surface area contributed by atoms with Gasteiger partial charge in [-0.15, -0.1) is 0 Å². The highest BCUT2D eigenvalue weighted by Crippen LogP contribution is 2.39. The molecule has 0 unspecified atom stereocenters. The van der Waals surface area contributed by atoms with E-state index in [0.29, 0.717) is 0 Å². The Bertz CT molecular complexity index is 1100. The fourth-order valence-electron chi connectivity index (χ4n) is 4.75. The van der Waals surface area contributed by atoms with E-state index in [2.05, 4.69) is 15.2 Å². The Morgan fingerprint density at radius 2 is 2.03 bits per heavy atom. The van der Waals surface area contributed by atoms with Gasteiger partial charge in [0.25, 0.3) is 5.91 Å². The number of benzene rings is 1. The minimum Gasteiger partial charge on any atom is -0.344 e. The van der Waals surface area contributed by atoms with Crippen LogP contribution in [0.2, 0.25) is 0 Å². The molecular weight excluding hydrogens is 463 g/mol. The first-order valence-corrected chi connectivity index (χ1v) is 11.8. The van der Waals surface area contributed by atoms with E-state index in [4.69, 9.17) is 11.6 Å². The summed E-state index contributed by atoms with van der Waals surface area (Å²) in [7, 11) is 2.01. The Kier molecular flexibility index (Phi) is 7.43. The Labute approximate surface area is 202 Å². The fourth-order valence-corrected chi connectivity index (χ4v) is 5.11. The highest BCUT2D eigenvalue weighted by molar-refractivity contribution is 6.36. The number of allylic oxidation sites excluding steroid dienone is 2. The number of halogens is 4. The van der Waals surface area contributed by atoms with Crippen molar-refractivity contribution in [2.24, 2.45) is 0 Å². The van der Waals surface area contributed by atoms with Crippen molar-refractivity contribution < 1.29 is 18.0 Å². The SMILES string of the molecule is CN1CCCC[C@H]1[C@@H](NC(=O)C1=CCCC(C(F)(F)F)=C1Cl)c1cccc(-c2ccccn2)c1. The molecule has 8 heteroatoms. The number of hydrogen-bond acceptors (Lipinski definition) is 3. The van der Waals surface area contributed by atoms with E-state index in [1.54, 1.807) is 6.20 Å². The van der Waals surface area contributed by atoms with Crippen LogP contribution in [0.15, 0.2) is 70.9 Å². The van der Waals surface area contributed by atoms with E-state index >= 15 is 0 Å². The maximum atomic E-state index is 13.4. The first-order valence-electron chi connectivity index (χ1n) is 11.4. The summed E-state index contributed by atoms with van der Waals surface area (Å²) in [6.45, 7) is 0.887. The molecule has 1 aliphatic heterocycles. The molecule has 1 aliphatic carbocycles. The van der Waals surface area contributed by atoms with Crippen LogP contribution in [0.4, 0.5) is 13.2 Å². The van der Waals surface area contributed by atoms with Crippen LogP contribution in [0.1, 0.15) is 43.7 Å². The minimum absolute atomic E-state index is 0.00529. The average Bonchev–Trinajstić information content (AvgIpc) is 2.83. The van der Waals surface area contributed by atoms with Crippen LogP contribution in [0, 0.1) is 0 Å². The summed E-state index contributed by atoms with van der Waals surface area (Å²) >= 11 is 6.09. The Morgan fingerprint density at radius 3 is 2.74 bits per heavy atom. The van der Waals surface area contributed by atoms with E-state index in [-0.39, 0.29) is 24.5 Å². The smallest absolute Gasteiger partial charge is 0.344 e. The monoisotopic (exact) mass is 489 g/mol. The number of carbonyl (C=O) groups is 1. The Morgan fingerprint density at radius 1 is 1.21 bits per heavy atom. The van der Waals surface area contributed by atoms with Crippen molar-refractivity contribution in [1.29, 1.82) is 0 Å². The van der Waals surface area contributed by atoms with Gasteiger partial charge in [0.05, 0.1) is 27.9 Å². The van der Waals surface area contributed by atoms with Crippen molar-refractivity contribution in [3.8, 4) is 11.3 Å². The van der Waals surface area contributed by atoms with Gasteiger partial charge in [-0.2, -0.15) is 13.2 Å². The maximum absolute atomic E-state index is 13.4. The molecule has 4 nitrogen and oxygen atoms in total. The van der Waals surface area contributed by atoms with Crippen molar-refractivity contribution in [2.75, 3.05) is 13.6 Å². The lowest BCUT2D eigenvalue weighted by Gasteiger charge is -2.39. The molecule has 0 radical (unpaired) electrons. The third-order valence-corrected chi connectivity index (χ3v) is 6.97. The van der Waals surface area contributed by atoms with Crippen LogP contribution in [0.3, 0.4) is 0 Å². The van der Waals surface area contributed by atoms with Crippen molar-refractivity contribution >= 4 is 17.5 Å². The van der Waals surface area contributed by atoms with E-state index in [0.717, 1.165) is 42.6 Å². The number of piperidine rings is 1. The second kappa shape index (κ2) is 10.3. The lowest BCUT2D eigenvalue weighted by Crippen LogP contribution is -2.47. The number of amides is 1. The fraction of sp³-hybridized carbons (Fsp3) is 0.385. The van der Waals surface area contributed by atoms with Gasteiger partial charge in [-0.25, -0.2) is 0 Å². The Hall–Kier alpha value is -2.64. The lowest BCUT2D eigenvalue weighted by molar-refractivity contribution is -0.118. The maximum Gasteiger partial charge on any atom is 0.414 e. The second-order valence-electron chi connectivity index (χ2n) is 8.78. The topological polar surface area (TPSA) is 45.2 Å². The highest BCUT2D eigenvalue weighted by Gasteiger charge is 2.39. The third-order valence-electron chi connectivity index (χ3n) is 6.54. The summed E-state index contributed by atoms with van der Waals surface area (Å²) in [5, 5.41) is 2.52. The predicted octanol–water partition coefficient (Wildman–Crippen LogP) is 6.17. The molecule has 2 aliphatic rings. The Balaban J connectivity index is 1.68. The van der Waals surface area contributed by atoms with Gasteiger partial charge >= 0.3 is 6.18 Å². The number of carbonyl (C=O) groups excluding carboxylic acids is 1. The third kappa shape index (κ3) is 5.36. The molecule has 0 bridgehead atoms. The molecule has 34 heavy (non-hydrogen) atoms. The van der Waals surface area contributed by atoms with E-state index in [9.17, 15) is 18.0 Å². The average molecular weight is 490 g/mol. The summed E-state index contributed by atoms with van der Waals surface area (Å²) in [4.78, 5) is 19.9. The van der Waals surface area contributed by atoms with Crippen LogP contribution in [-0.4, -0.2) is 41.6 Å². The summed E-state index contributed by atoms with van der Waals surface area (Å²) in [6, 6.07) is 13.0. The van der Waals surface area contributed by atoms with Gasteiger partial charge in [0.15, 0.2) is 0 Å². The molecule has 0 spiro atoms. The molecular formula is C26H27ClF3N3O. The number of pyridine rings is 1. The molecule has 1 aromatic heterocycles. The van der Waals surface area contributed by atoms with E-state index in [1.807, 2.05) is 49.5 Å². The zero-order chi connectivity index (χ0) is 24.3. The number of rotatable bonds is 5. The van der Waals surface area contributed by atoms with E-state index in [1.165, 1.54) is 6.08 Å². The van der Waals surface area contributed by atoms with Crippen LogP contribution in [0.25, 0.3) is 11.3 Å². The zero-order valence-electron chi connectivity index (χ0n) is 18.9. The second-order valence-corrected chi connectivity index (χ2v) is 9.16. The van der Waals surface area contributed by atoms with Crippen molar-refractivity contribution in [2.45, 2.75) is 50.4 Å². The van der Waals surface area contributed by atoms with Gasteiger partial charge in [0.2, 0.25) is 0 Å². The van der Waals surface area contributed by atoms with Crippen LogP contribution in [-0.2, 0) is 4.79 Å². The molecule has 1 aromatic carbocycles. The molecule has 1 amide bonds. The standard InChI is InChI=1S/C26H27ClF3N3O/c1-33-15-5-3-13-22(33)24(18-9-6-8-17(16-18)21-12-2-4-14-31-21)32-25(34)19-10-7-11-20(23(19)27)26(28,29)30/h2,4,6,8-10,12,14,16,22,24H,3,5,7,11,13,15H2,1H3,(H,32,34)/t22-,24-/m0/s1. The summed E-state index contributed by atoms with van der Waals surface area (Å²) < 4.78 is 40.2. The summed E-state index contributed by atoms with van der Waals surface area (Å²) in [5.74, 6) is -0.585. The number of likely N-dealkylation sites (tertiary alicyclic amines) is 1. The molecule has 1 saturated heterocycles. The molecule has 2 aromatic rings. The normalized spacial score (nSPS) is 20.6. The lowest BCUT2D eigenvalue weighted by atomic mass is 9.89. The molecule has 2 heterocycles. The molecule has 1 fully saturated rings. The van der Waals surface area contributed by atoms with Crippen LogP contribution >= 0.6 is 11.6 Å². The van der Waals surface area contributed by atoms with Gasteiger partial charge < -0.3 is 10.2 Å². The van der Waals surface area contributed by atoms with Gasteiger partial charge in [0, 0.05) is 17.8 Å². The molecule has 1 N–H and O–H groups in total. The number of nitrogens with one attached hydrogen (secondary N) is 1. The zero-order valence-corrected chi connectivity index (χ0v) is 19.7. The van der Waals surface area contributed by atoms with Gasteiger partial charge in [-0.3, -0.25) is 9.78 Å². The van der Waals surface area contributed by atoms with Gasteiger partial charge in [-0.05, 0) is 63.0 Å². The first-order chi connectivity index (χ1) is 16.3. The van der Waals surface area contributed by atoms with Crippen LogP contribution < -0.4 is 5.32 Å². The molecule has 180 valence electrons. The minimum atomic E-state index is -4.56. The molecule has 4 rings (SSSR count). The van der Waals surface area contributed by atoms with E-state index < -0.39 is 28.7 Å². The van der Waals surface area contributed by atoms with Gasteiger partial charge in [-0.1, -0.05) is 48.4 Å². The quantitative estimate of drug-likeness (QED) is 0.546. The van der Waals surface area contributed by atoms with Crippen molar-refractivity contribution in [1.82, 2.24) is 15.2 Å². The summed E-state index contributed by atoms with van der Waals surface area (Å²) in [5.41, 5.74) is 1.64. The molecule has 2 atom stereocenters. The van der Waals surface area contributed by atoms with Crippen molar-refractivity contribution in [3.05, 3.63) is 76.5 Å². The predicted molar refractivity (Wildman–Crippen MR) is 127 cm³/mol. The van der Waals surface area contributed by atoms with Gasteiger partial charge in [0.1, 0.15) is 0 Å². The number of hydrogen-bond donors (Lipinski definition) is 1. The molecule has 0 saturated carbocycles. The van der Waals surface area contributed by atoms with Crippen LogP contribution in [0.5, 0.6) is 0 Å². The largest absolute Gasteiger partial charge is 0.414 e. The number of nitrogens with zero attached hydrogens (tertiary/aromatic N) is 2. The number of likely N-dealkylation sites (N-methyl/N-ethyl adjacent to an activating group) is 1.